The summed E-state index contributed by atoms with van der Waals surface area (Å²) < 4.78 is 0. The Hall–Kier alpha value is -3.75. The van der Waals surface area contributed by atoms with E-state index >= 15 is 0 Å². The van der Waals surface area contributed by atoms with E-state index in [1.807, 2.05) is 47.4 Å². The third kappa shape index (κ3) is 4.37. The number of aromatic nitrogens is 4. The van der Waals surface area contributed by atoms with Crippen molar-refractivity contribution in [2.75, 3.05) is 36.5 Å². The first-order valence-corrected chi connectivity index (χ1v) is 11.8. The quantitative estimate of drug-likeness (QED) is 0.583. The summed E-state index contributed by atoms with van der Waals surface area (Å²) in [5.41, 5.74) is 1.25. The summed E-state index contributed by atoms with van der Waals surface area (Å²) in [5.74, 6) is 1.75. The van der Waals surface area contributed by atoms with Gasteiger partial charge >= 0.3 is 0 Å². The predicted octanol–water partition coefficient (Wildman–Crippen LogP) is 2.78. The molecule has 0 bridgehead atoms. The second-order valence-electron chi connectivity index (χ2n) is 8.98. The van der Waals surface area contributed by atoms with Gasteiger partial charge in [0.15, 0.2) is 0 Å². The van der Waals surface area contributed by atoms with Gasteiger partial charge in [-0.25, -0.2) is 4.98 Å². The maximum absolute atomic E-state index is 13.6. The van der Waals surface area contributed by atoms with Gasteiger partial charge < -0.3 is 9.80 Å². The number of para-hydroxylation sites is 1. The van der Waals surface area contributed by atoms with Gasteiger partial charge in [-0.2, -0.15) is 15.0 Å². The standard InChI is InChI=1S/C25H29N7O2/c1-18-12-15-30(23-9-5-8-22(28-23)29(2)24(33)19-10-11-19)16-17-31(18)25(34)20-6-3-4-7-21(20)32-26-13-14-27-32/h3-9,13-14,18-19H,10-12,15-17H2,1-2H3/t18-/m1/s1. The van der Waals surface area contributed by atoms with Gasteiger partial charge in [-0.05, 0) is 50.5 Å². The normalized spacial score (nSPS) is 18.5. The molecule has 34 heavy (non-hydrogen) atoms. The molecule has 0 unspecified atom stereocenters. The first-order chi connectivity index (χ1) is 16.5. The van der Waals surface area contributed by atoms with Crippen LogP contribution in [-0.2, 0) is 4.79 Å². The maximum atomic E-state index is 13.6. The van der Waals surface area contributed by atoms with Crippen LogP contribution in [0.4, 0.5) is 11.6 Å². The van der Waals surface area contributed by atoms with Crippen molar-refractivity contribution in [1.82, 2.24) is 24.9 Å². The zero-order valence-electron chi connectivity index (χ0n) is 19.5. The number of hydrogen-bond acceptors (Lipinski definition) is 6. The van der Waals surface area contributed by atoms with Crippen LogP contribution in [0, 0.1) is 5.92 Å². The summed E-state index contributed by atoms with van der Waals surface area (Å²) in [6.45, 7) is 4.10. The number of carbonyl (C=O) groups is 2. The Bertz CT molecular complexity index is 1180. The fourth-order valence-corrected chi connectivity index (χ4v) is 4.41. The molecule has 1 aliphatic carbocycles. The lowest BCUT2D eigenvalue weighted by atomic mass is 10.1. The highest BCUT2D eigenvalue weighted by molar-refractivity contribution is 5.98. The largest absolute Gasteiger partial charge is 0.355 e. The van der Waals surface area contributed by atoms with Gasteiger partial charge in [0.2, 0.25) is 5.91 Å². The predicted molar refractivity (Wildman–Crippen MR) is 129 cm³/mol. The molecule has 5 rings (SSSR count). The molecule has 2 amide bonds. The highest BCUT2D eigenvalue weighted by Gasteiger charge is 2.33. The molecule has 0 N–H and O–H groups in total. The lowest BCUT2D eigenvalue weighted by molar-refractivity contribution is -0.119. The molecule has 3 aromatic rings. The van der Waals surface area contributed by atoms with Crippen LogP contribution in [0.25, 0.3) is 5.69 Å². The van der Waals surface area contributed by atoms with Gasteiger partial charge in [-0.15, -0.1) is 0 Å². The minimum absolute atomic E-state index is 0.0290. The monoisotopic (exact) mass is 459 g/mol. The maximum Gasteiger partial charge on any atom is 0.256 e. The van der Waals surface area contributed by atoms with E-state index in [0.29, 0.717) is 30.2 Å². The van der Waals surface area contributed by atoms with Crippen molar-refractivity contribution < 1.29 is 9.59 Å². The van der Waals surface area contributed by atoms with E-state index in [1.165, 1.54) is 4.80 Å². The van der Waals surface area contributed by atoms with Crippen LogP contribution in [0.15, 0.2) is 54.9 Å². The first kappa shape index (κ1) is 22.1. The Morgan fingerprint density at radius 2 is 1.71 bits per heavy atom. The van der Waals surface area contributed by atoms with E-state index in [1.54, 1.807) is 24.3 Å². The van der Waals surface area contributed by atoms with Gasteiger partial charge in [0.1, 0.15) is 11.6 Å². The third-order valence-corrected chi connectivity index (χ3v) is 6.63. The number of anilines is 2. The highest BCUT2D eigenvalue weighted by Crippen LogP contribution is 2.32. The summed E-state index contributed by atoms with van der Waals surface area (Å²) in [4.78, 5) is 38.1. The Labute approximate surface area is 199 Å². The van der Waals surface area contributed by atoms with Crippen molar-refractivity contribution in [2.24, 2.45) is 5.92 Å². The van der Waals surface area contributed by atoms with Crippen LogP contribution >= 0.6 is 0 Å². The van der Waals surface area contributed by atoms with Crippen LogP contribution < -0.4 is 9.80 Å². The highest BCUT2D eigenvalue weighted by atomic mass is 16.2. The fraction of sp³-hybridized carbons (Fsp3) is 0.400. The van der Waals surface area contributed by atoms with Gasteiger partial charge in [0.05, 0.1) is 23.6 Å². The SMILES string of the molecule is C[C@@H]1CCN(c2cccc(N(C)C(=O)C3CC3)n2)CCN1C(=O)c1ccccc1-n1nccn1. The van der Waals surface area contributed by atoms with Crippen LogP contribution in [0.3, 0.4) is 0 Å². The van der Waals surface area contributed by atoms with Gasteiger partial charge in [0.25, 0.3) is 5.91 Å². The van der Waals surface area contributed by atoms with E-state index in [-0.39, 0.29) is 23.8 Å². The van der Waals surface area contributed by atoms with Crippen LogP contribution in [-0.4, -0.2) is 69.4 Å². The second-order valence-corrected chi connectivity index (χ2v) is 8.98. The fourth-order valence-electron chi connectivity index (χ4n) is 4.41. The Balaban J connectivity index is 1.33. The molecule has 1 aromatic carbocycles. The molecular weight excluding hydrogens is 430 g/mol. The average Bonchev–Trinajstić information content (AvgIpc) is 3.62. The molecule has 0 spiro atoms. The smallest absolute Gasteiger partial charge is 0.256 e. The minimum atomic E-state index is -0.0290. The summed E-state index contributed by atoms with van der Waals surface area (Å²) in [6.07, 6.45) is 5.96. The number of rotatable bonds is 5. The summed E-state index contributed by atoms with van der Waals surface area (Å²) >= 11 is 0. The number of hydrogen-bond donors (Lipinski definition) is 0. The number of benzene rings is 1. The Morgan fingerprint density at radius 1 is 0.941 bits per heavy atom. The van der Waals surface area contributed by atoms with Gasteiger partial charge in [-0.1, -0.05) is 18.2 Å². The number of nitrogens with zero attached hydrogens (tertiary/aromatic N) is 7. The molecule has 1 saturated carbocycles. The van der Waals surface area contributed by atoms with Crippen molar-refractivity contribution in [3.8, 4) is 5.69 Å². The minimum Gasteiger partial charge on any atom is -0.355 e. The Morgan fingerprint density at radius 3 is 2.47 bits per heavy atom. The van der Waals surface area contributed by atoms with Gasteiger partial charge in [0, 0.05) is 38.6 Å². The molecule has 2 fully saturated rings. The van der Waals surface area contributed by atoms with Crippen LogP contribution in [0.1, 0.15) is 36.5 Å². The molecule has 1 atom stereocenters. The van der Waals surface area contributed by atoms with Crippen LogP contribution in [0.2, 0.25) is 0 Å². The van der Waals surface area contributed by atoms with E-state index in [9.17, 15) is 9.59 Å². The third-order valence-electron chi connectivity index (χ3n) is 6.63. The van der Waals surface area contributed by atoms with Crippen LogP contribution in [0.5, 0.6) is 0 Å². The first-order valence-electron chi connectivity index (χ1n) is 11.8. The van der Waals surface area contributed by atoms with Crippen molar-refractivity contribution in [3.63, 3.8) is 0 Å². The number of pyridine rings is 1. The summed E-state index contributed by atoms with van der Waals surface area (Å²) in [6, 6.07) is 13.3. The summed E-state index contributed by atoms with van der Waals surface area (Å²) in [5, 5.41) is 8.41. The van der Waals surface area contributed by atoms with E-state index in [2.05, 4.69) is 22.0 Å². The number of carbonyl (C=O) groups excluding carboxylic acids is 2. The lowest BCUT2D eigenvalue weighted by Crippen LogP contribution is -2.40. The zero-order valence-corrected chi connectivity index (χ0v) is 19.5. The molecule has 1 saturated heterocycles. The van der Waals surface area contributed by atoms with Crippen molar-refractivity contribution >= 4 is 23.5 Å². The molecule has 9 heteroatoms. The van der Waals surface area contributed by atoms with Crippen molar-refractivity contribution in [2.45, 2.75) is 32.2 Å². The number of amides is 2. The molecule has 1 aliphatic heterocycles. The summed E-state index contributed by atoms with van der Waals surface area (Å²) in [7, 11) is 1.80. The molecule has 3 heterocycles. The topological polar surface area (TPSA) is 87.5 Å². The lowest BCUT2D eigenvalue weighted by Gasteiger charge is -2.27. The van der Waals surface area contributed by atoms with E-state index < -0.39 is 0 Å². The average molecular weight is 460 g/mol. The van der Waals surface area contributed by atoms with Gasteiger partial charge in [-0.3, -0.25) is 14.5 Å². The van der Waals surface area contributed by atoms with E-state index in [4.69, 9.17) is 4.98 Å². The molecule has 2 aliphatic rings. The molecular formula is C25H29N7O2. The molecule has 9 nitrogen and oxygen atoms in total. The van der Waals surface area contributed by atoms with Crippen molar-refractivity contribution in [3.05, 3.63) is 60.4 Å². The molecule has 176 valence electrons. The molecule has 2 aromatic heterocycles. The Kier molecular flexibility index (Phi) is 6.00. The van der Waals surface area contributed by atoms with Crippen molar-refractivity contribution in [1.29, 1.82) is 0 Å². The zero-order chi connectivity index (χ0) is 23.7. The molecule has 0 radical (unpaired) electrons. The second kappa shape index (κ2) is 9.24. The van der Waals surface area contributed by atoms with E-state index in [0.717, 1.165) is 31.6 Å².